The highest BCUT2D eigenvalue weighted by Gasteiger charge is 2.21. The van der Waals surface area contributed by atoms with Crippen LogP contribution >= 0.6 is 0 Å². The minimum Gasteiger partial charge on any atom is -0.477 e. The first-order valence-electron chi connectivity index (χ1n) is 8.11. The van der Waals surface area contributed by atoms with Crippen LogP contribution in [0.2, 0.25) is 0 Å². The first-order valence-corrected chi connectivity index (χ1v) is 8.11. The van der Waals surface area contributed by atoms with Crippen LogP contribution < -0.4 is 5.56 Å². The molecular weight excluding hydrogens is 330 g/mol. The minimum atomic E-state index is -1.12. The van der Waals surface area contributed by atoms with Gasteiger partial charge in [0.05, 0.1) is 11.4 Å². The topological polar surface area (TPSA) is 87.5 Å². The molecular formula is C20H15N3O3. The van der Waals surface area contributed by atoms with E-state index in [0.29, 0.717) is 17.8 Å². The summed E-state index contributed by atoms with van der Waals surface area (Å²) in [5, 5.41) is 12.6. The lowest BCUT2D eigenvalue weighted by Crippen LogP contribution is -2.15. The zero-order chi connectivity index (χ0) is 18.1. The summed E-state index contributed by atoms with van der Waals surface area (Å²) in [6.07, 6.45) is 0.367. The molecule has 0 aliphatic heterocycles. The van der Waals surface area contributed by atoms with Gasteiger partial charge in [-0.2, -0.15) is 0 Å². The molecule has 0 bridgehead atoms. The Hall–Kier alpha value is -3.67. The Morgan fingerprint density at radius 1 is 1.04 bits per heavy atom. The normalized spacial score (nSPS) is 10.9. The van der Waals surface area contributed by atoms with Crippen LogP contribution in [0.1, 0.15) is 21.6 Å². The minimum absolute atomic E-state index is 0.0173. The molecule has 4 rings (SSSR count). The average Bonchev–Trinajstić information content (AvgIpc) is 3.02. The van der Waals surface area contributed by atoms with E-state index in [1.54, 1.807) is 0 Å². The highest BCUT2D eigenvalue weighted by Crippen LogP contribution is 2.20. The Balaban J connectivity index is 1.92. The fraction of sp³-hybridized carbons (Fsp3) is 0.0500. The molecule has 2 aromatic carbocycles. The maximum Gasteiger partial charge on any atom is 0.341 e. The molecule has 4 aromatic rings. The molecule has 2 heterocycles. The molecule has 0 fully saturated rings. The van der Waals surface area contributed by atoms with Crippen molar-refractivity contribution in [2.75, 3.05) is 0 Å². The lowest BCUT2D eigenvalue weighted by molar-refractivity contribution is 0.0697. The van der Waals surface area contributed by atoms with Crippen molar-refractivity contribution in [1.82, 2.24) is 14.6 Å². The van der Waals surface area contributed by atoms with Crippen LogP contribution in [-0.4, -0.2) is 25.7 Å². The van der Waals surface area contributed by atoms with E-state index in [0.717, 1.165) is 11.1 Å². The number of fused-ring (bicyclic) bond motifs is 1. The van der Waals surface area contributed by atoms with Crippen molar-refractivity contribution in [2.45, 2.75) is 6.42 Å². The summed E-state index contributed by atoms with van der Waals surface area (Å²) in [4.78, 5) is 28.8. The van der Waals surface area contributed by atoms with Crippen molar-refractivity contribution in [3.63, 3.8) is 0 Å². The van der Waals surface area contributed by atoms with E-state index in [-0.39, 0.29) is 16.8 Å². The number of nitrogens with zero attached hydrogens (tertiary/aromatic N) is 2. The Morgan fingerprint density at radius 3 is 2.35 bits per heavy atom. The highest BCUT2D eigenvalue weighted by molar-refractivity contribution is 5.96. The second-order valence-corrected chi connectivity index (χ2v) is 5.94. The van der Waals surface area contributed by atoms with Crippen LogP contribution in [-0.2, 0) is 6.42 Å². The summed E-state index contributed by atoms with van der Waals surface area (Å²) in [5.41, 5.74) is 2.38. The van der Waals surface area contributed by atoms with E-state index in [9.17, 15) is 14.7 Å². The monoisotopic (exact) mass is 345 g/mol. The lowest BCUT2D eigenvalue weighted by atomic mass is 10.1. The van der Waals surface area contributed by atoms with E-state index < -0.39 is 5.97 Å². The summed E-state index contributed by atoms with van der Waals surface area (Å²) in [5.74, 6) is -1.12. The largest absolute Gasteiger partial charge is 0.477 e. The Kier molecular flexibility index (Phi) is 3.85. The molecule has 26 heavy (non-hydrogen) atoms. The van der Waals surface area contributed by atoms with Gasteiger partial charge in [-0.15, -0.1) is 0 Å². The van der Waals surface area contributed by atoms with Crippen LogP contribution in [0.3, 0.4) is 0 Å². The summed E-state index contributed by atoms with van der Waals surface area (Å²) in [6.45, 7) is 0. The number of rotatable bonds is 4. The zero-order valence-electron chi connectivity index (χ0n) is 13.7. The zero-order valence-corrected chi connectivity index (χ0v) is 13.7. The van der Waals surface area contributed by atoms with Crippen LogP contribution in [0.15, 0.2) is 71.5 Å². The van der Waals surface area contributed by atoms with E-state index in [2.05, 4.69) is 10.1 Å². The van der Waals surface area contributed by atoms with Gasteiger partial charge in [0.2, 0.25) is 0 Å². The number of aromatic nitrogens is 3. The van der Waals surface area contributed by atoms with E-state index >= 15 is 0 Å². The van der Waals surface area contributed by atoms with Crippen LogP contribution in [0, 0.1) is 0 Å². The molecule has 0 unspecified atom stereocenters. The van der Waals surface area contributed by atoms with E-state index in [1.165, 1.54) is 10.6 Å². The first kappa shape index (κ1) is 15.8. The number of carboxylic acids is 1. The van der Waals surface area contributed by atoms with Gasteiger partial charge in [0.15, 0.2) is 5.65 Å². The van der Waals surface area contributed by atoms with Crippen molar-refractivity contribution >= 4 is 11.6 Å². The van der Waals surface area contributed by atoms with Gasteiger partial charge in [-0.05, 0) is 5.56 Å². The molecule has 0 atom stereocenters. The van der Waals surface area contributed by atoms with Gasteiger partial charge in [-0.25, -0.2) is 14.3 Å². The average molecular weight is 345 g/mol. The number of hydrogen-bond donors (Lipinski definition) is 2. The van der Waals surface area contributed by atoms with Gasteiger partial charge >= 0.3 is 5.97 Å². The summed E-state index contributed by atoms with van der Waals surface area (Å²) >= 11 is 0. The van der Waals surface area contributed by atoms with Crippen LogP contribution in [0.5, 0.6) is 0 Å². The van der Waals surface area contributed by atoms with Gasteiger partial charge < -0.3 is 5.11 Å². The third-order valence-electron chi connectivity index (χ3n) is 4.20. The predicted molar refractivity (Wildman–Crippen MR) is 97.5 cm³/mol. The maximum absolute atomic E-state index is 12.5. The molecule has 0 saturated carbocycles. The summed E-state index contributed by atoms with van der Waals surface area (Å²) in [6, 6.07) is 20.1. The Labute approximate surface area is 148 Å². The first-order chi connectivity index (χ1) is 12.6. The van der Waals surface area contributed by atoms with Gasteiger partial charge in [0, 0.05) is 18.1 Å². The molecule has 6 heteroatoms. The second-order valence-electron chi connectivity index (χ2n) is 5.94. The van der Waals surface area contributed by atoms with Crippen molar-refractivity contribution in [2.24, 2.45) is 0 Å². The molecule has 0 saturated heterocycles. The Morgan fingerprint density at radius 2 is 1.69 bits per heavy atom. The standard InChI is InChI=1S/C20H15N3O3/c24-17-12-15(14-9-5-2-6-10-14)21-19-18(20(25)26)16(22-23(17)19)11-13-7-3-1-4-8-13/h1-10,12,22H,11H2,(H,25,26). The van der Waals surface area contributed by atoms with E-state index in [1.807, 2.05) is 60.7 Å². The fourth-order valence-corrected chi connectivity index (χ4v) is 2.99. The molecule has 0 radical (unpaired) electrons. The SMILES string of the molecule is O=C(O)c1c(Cc2ccccc2)[nH]n2c(=O)cc(-c3ccccc3)nc12. The maximum atomic E-state index is 12.5. The third kappa shape index (κ3) is 2.77. The molecule has 0 amide bonds. The molecule has 0 aliphatic carbocycles. The number of benzene rings is 2. The van der Waals surface area contributed by atoms with Crippen LogP contribution in [0.25, 0.3) is 16.9 Å². The number of aromatic amines is 1. The number of aromatic carboxylic acids is 1. The predicted octanol–water partition coefficient (Wildman–Crippen LogP) is 2.98. The number of nitrogens with one attached hydrogen (secondary N) is 1. The number of carbonyl (C=O) groups is 1. The summed E-state index contributed by atoms with van der Waals surface area (Å²) in [7, 11) is 0. The lowest BCUT2D eigenvalue weighted by Gasteiger charge is -2.01. The molecule has 0 spiro atoms. The van der Waals surface area contributed by atoms with Crippen molar-refractivity contribution in [1.29, 1.82) is 0 Å². The van der Waals surface area contributed by atoms with Gasteiger partial charge in [-0.1, -0.05) is 60.7 Å². The Bertz CT molecular complexity index is 1150. The second kappa shape index (κ2) is 6.33. The number of carboxylic acid groups (broad SMARTS) is 1. The quantitative estimate of drug-likeness (QED) is 0.595. The fourth-order valence-electron chi connectivity index (χ4n) is 2.99. The van der Waals surface area contributed by atoms with Gasteiger partial charge in [-0.3, -0.25) is 9.89 Å². The molecule has 0 aliphatic rings. The smallest absolute Gasteiger partial charge is 0.341 e. The van der Waals surface area contributed by atoms with Crippen molar-refractivity contribution < 1.29 is 9.90 Å². The number of H-pyrrole nitrogens is 1. The molecule has 6 nitrogen and oxygen atoms in total. The molecule has 2 N–H and O–H groups in total. The molecule has 2 aromatic heterocycles. The van der Waals surface area contributed by atoms with Crippen molar-refractivity contribution in [3.05, 3.63) is 93.9 Å². The van der Waals surface area contributed by atoms with Gasteiger partial charge in [0.25, 0.3) is 5.56 Å². The van der Waals surface area contributed by atoms with Gasteiger partial charge in [0.1, 0.15) is 5.56 Å². The molecule has 128 valence electrons. The van der Waals surface area contributed by atoms with Crippen LogP contribution in [0.4, 0.5) is 0 Å². The number of hydrogen-bond acceptors (Lipinski definition) is 3. The third-order valence-corrected chi connectivity index (χ3v) is 4.20. The van der Waals surface area contributed by atoms with E-state index in [4.69, 9.17) is 0 Å². The van der Waals surface area contributed by atoms with Crippen molar-refractivity contribution in [3.8, 4) is 11.3 Å². The summed E-state index contributed by atoms with van der Waals surface area (Å²) < 4.78 is 1.19. The highest BCUT2D eigenvalue weighted by atomic mass is 16.4.